The van der Waals surface area contributed by atoms with Crippen molar-refractivity contribution in [3.63, 3.8) is 0 Å². The predicted octanol–water partition coefficient (Wildman–Crippen LogP) is 5.88. The van der Waals surface area contributed by atoms with E-state index in [1.165, 1.54) is 25.0 Å². The molecule has 0 amide bonds. The quantitative estimate of drug-likeness (QED) is 0.258. The maximum absolute atomic E-state index is 6.16. The molecule has 0 aliphatic heterocycles. The summed E-state index contributed by atoms with van der Waals surface area (Å²) in [4.78, 5) is 4.81. The van der Waals surface area contributed by atoms with Gasteiger partial charge in [0.25, 0.3) is 0 Å². The second-order valence-corrected chi connectivity index (χ2v) is 9.41. The van der Waals surface area contributed by atoms with Crippen molar-refractivity contribution in [2.45, 2.75) is 4.90 Å². The molecule has 0 aliphatic rings. The minimum absolute atomic E-state index is 0.283. The number of ether oxygens (including phenoxy) is 1. The zero-order valence-electron chi connectivity index (χ0n) is 15.3. The molecule has 0 saturated carbocycles. The second-order valence-electron chi connectivity index (χ2n) is 6.23. The van der Waals surface area contributed by atoms with Gasteiger partial charge < -0.3 is 0 Å². The van der Waals surface area contributed by atoms with Crippen molar-refractivity contribution < 1.29 is 4.74 Å². The monoisotopic (exact) mass is 448 g/mol. The van der Waals surface area contributed by atoms with E-state index in [-0.39, 0.29) is 15.0 Å². The Kier molecular flexibility index (Phi) is 6.51. The van der Waals surface area contributed by atoms with Crippen LogP contribution >= 0.6 is 11.8 Å². The first kappa shape index (κ1) is 18.9. The first-order valence-electron chi connectivity index (χ1n) is 9.12. The standard InChI is InChI=1S/C25H20OSSe/c1-3-11-23(12-4-1)27-24(19-28-25-13-5-2-6-14-25)18-26-22-16-15-20-9-7-8-10-21(20)17-22/h1-17,19H,18H2/b24-19-. The molecule has 0 spiro atoms. The van der Waals surface area contributed by atoms with Crippen LogP contribution in [-0.2, 0) is 0 Å². The van der Waals surface area contributed by atoms with Gasteiger partial charge >= 0.3 is 177 Å². The van der Waals surface area contributed by atoms with Crippen molar-refractivity contribution in [2.75, 3.05) is 6.61 Å². The Morgan fingerprint density at radius 3 is 2.21 bits per heavy atom. The van der Waals surface area contributed by atoms with E-state index in [9.17, 15) is 0 Å². The van der Waals surface area contributed by atoms with Crippen molar-refractivity contribution >= 4 is 42.0 Å². The first-order valence-corrected chi connectivity index (χ1v) is 11.8. The fraction of sp³-hybridized carbons (Fsp3) is 0.0400. The molecule has 4 rings (SSSR count). The average Bonchev–Trinajstić information content (AvgIpc) is 2.77. The summed E-state index contributed by atoms with van der Waals surface area (Å²) >= 11 is 2.07. The number of fused-ring (bicyclic) bond motifs is 1. The van der Waals surface area contributed by atoms with Gasteiger partial charge in [0.1, 0.15) is 0 Å². The number of thioether (sulfide) groups is 1. The molecular weight excluding hydrogens is 427 g/mol. The van der Waals surface area contributed by atoms with Crippen molar-refractivity contribution in [1.29, 1.82) is 0 Å². The van der Waals surface area contributed by atoms with Crippen LogP contribution in [0.5, 0.6) is 5.75 Å². The summed E-state index contributed by atoms with van der Waals surface area (Å²) in [6, 6.07) is 35.8. The van der Waals surface area contributed by atoms with Crippen molar-refractivity contribution in [1.82, 2.24) is 0 Å². The number of benzene rings is 4. The Labute approximate surface area is 176 Å². The molecule has 0 bridgehead atoms. The van der Waals surface area contributed by atoms with Crippen LogP contribution < -0.4 is 9.20 Å². The van der Waals surface area contributed by atoms with Gasteiger partial charge in [0.05, 0.1) is 0 Å². The molecule has 0 fully saturated rings. The van der Waals surface area contributed by atoms with Crippen LogP contribution in [0.1, 0.15) is 0 Å². The van der Waals surface area contributed by atoms with Gasteiger partial charge in [-0.3, -0.25) is 0 Å². The second kappa shape index (κ2) is 9.66. The summed E-state index contributed by atoms with van der Waals surface area (Å²) in [5.74, 6) is 0.908. The molecule has 0 saturated heterocycles. The molecule has 0 aliphatic carbocycles. The summed E-state index contributed by atoms with van der Waals surface area (Å²) in [5.41, 5.74) is 0. The third-order valence-corrected chi connectivity index (χ3v) is 7.49. The summed E-state index contributed by atoms with van der Waals surface area (Å²) < 4.78 is 7.53. The van der Waals surface area contributed by atoms with E-state index >= 15 is 0 Å². The molecule has 0 unspecified atom stereocenters. The van der Waals surface area contributed by atoms with Gasteiger partial charge in [-0.05, 0) is 0 Å². The molecule has 28 heavy (non-hydrogen) atoms. The van der Waals surface area contributed by atoms with Gasteiger partial charge in [0, 0.05) is 0 Å². The normalized spacial score (nSPS) is 11.5. The molecule has 4 aromatic carbocycles. The maximum atomic E-state index is 6.16. The van der Waals surface area contributed by atoms with Crippen LogP contribution in [0.25, 0.3) is 10.8 Å². The van der Waals surface area contributed by atoms with E-state index in [2.05, 4.69) is 102 Å². The van der Waals surface area contributed by atoms with E-state index in [4.69, 9.17) is 4.74 Å². The van der Waals surface area contributed by atoms with Crippen LogP contribution in [0.3, 0.4) is 0 Å². The number of hydrogen-bond donors (Lipinski definition) is 0. The Hall–Kier alpha value is -2.45. The van der Waals surface area contributed by atoms with Crippen LogP contribution in [0.4, 0.5) is 0 Å². The molecule has 4 aromatic rings. The Bertz CT molecular complexity index is 1060. The SMILES string of the molecule is C(/[Se]c1ccccc1)=C(\COc1ccc2ccccc2c1)Sc1ccccc1. The molecule has 138 valence electrons. The van der Waals surface area contributed by atoms with Crippen molar-refractivity contribution in [2.24, 2.45) is 0 Å². The molecular formula is C25H20OSSe. The topological polar surface area (TPSA) is 9.23 Å². The molecule has 0 N–H and O–H groups in total. The van der Waals surface area contributed by atoms with Crippen molar-refractivity contribution in [3.8, 4) is 5.75 Å². The third-order valence-electron chi connectivity index (χ3n) is 4.16. The molecule has 0 heterocycles. The van der Waals surface area contributed by atoms with Gasteiger partial charge in [-0.1, -0.05) is 0 Å². The zero-order chi connectivity index (χ0) is 19.0. The summed E-state index contributed by atoms with van der Waals surface area (Å²) in [5, 5.41) is 2.44. The predicted molar refractivity (Wildman–Crippen MR) is 122 cm³/mol. The van der Waals surface area contributed by atoms with E-state index in [0.29, 0.717) is 6.61 Å². The molecule has 0 aromatic heterocycles. The Morgan fingerprint density at radius 2 is 1.43 bits per heavy atom. The molecule has 0 radical (unpaired) electrons. The molecule has 3 heteroatoms. The third kappa shape index (κ3) is 5.30. The summed E-state index contributed by atoms with van der Waals surface area (Å²) in [7, 11) is 0. The van der Waals surface area contributed by atoms with Gasteiger partial charge in [0.2, 0.25) is 0 Å². The van der Waals surface area contributed by atoms with Gasteiger partial charge in [0.15, 0.2) is 0 Å². The van der Waals surface area contributed by atoms with Crippen LogP contribution in [0.15, 0.2) is 118 Å². The zero-order valence-corrected chi connectivity index (χ0v) is 17.9. The number of rotatable bonds is 7. The first-order chi connectivity index (χ1) is 13.9. The Balaban J connectivity index is 1.50. The van der Waals surface area contributed by atoms with Gasteiger partial charge in [-0.15, -0.1) is 0 Å². The van der Waals surface area contributed by atoms with Crippen LogP contribution in [0.2, 0.25) is 0 Å². The molecule has 1 nitrogen and oxygen atoms in total. The van der Waals surface area contributed by atoms with E-state index in [1.807, 2.05) is 6.07 Å². The van der Waals surface area contributed by atoms with Crippen LogP contribution in [-0.4, -0.2) is 21.6 Å². The van der Waals surface area contributed by atoms with E-state index in [1.54, 1.807) is 11.8 Å². The van der Waals surface area contributed by atoms with Crippen molar-refractivity contribution in [3.05, 3.63) is 113 Å². The average molecular weight is 447 g/mol. The fourth-order valence-corrected chi connectivity index (χ4v) is 5.45. The fourth-order valence-electron chi connectivity index (χ4n) is 2.77. The van der Waals surface area contributed by atoms with E-state index < -0.39 is 0 Å². The van der Waals surface area contributed by atoms with E-state index in [0.717, 1.165) is 5.75 Å². The summed E-state index contributed by atoms with van der Waals surface area (Å²) in [6.45, 7) is 0.576. The van der Waals surface area contributed by atoms with Gasteiger partial charge in [-0.25, -0.2) is 0 Å². The number of hydrogen-bond acceptors (Lipinski definition) is 2. The molecule has 0 atom stereocenters. The van der Waals surface area contributed by atoms with Gasteiger partial charge in [-0.2, -0.15) is 0 Å². The Morgan fingerprint density at radius 1 is 0.750 bits per heavy atom. The minimum atomic E-state index is 0.283. The van der Waals surface area contributed by atoms with Crippen LogP contribution in [0, 0.1) is 0 Å². The summed E-state index contributed by atoms with van der Waals surface area (Å²) in [6.07, 6.45) is 0.